The van der Waals surface area contributed by atoms with E-state index in [4.69, 9.17) is 15.0 Å². The van der Waals surface area contributed by atoms with Crippen molar-refractivity contribution < 1.29 is 9.26 Å². The van der Waals surface area contributed by atoms with Crippen LogP contribution in [0, 0.1) is 0 Å². The van der Waals surface area contributed by atoms with Crippen LogP contribution >= 0.6 is 0 Å². The van der Waals surface area contributed by atoms with Gasteiger partial charge in [0.05, 0.1) is 18.1 Å². The van der Waals surface area contributed by atoms with E-state index < -0.39 is 0 Å². The predicted octanol–water partition coefficient (Wildman–Crippen LogP) is 0.982. The van der Waals surface area contributed by atoms with Crippen molar-refractivity contribution in [3.05, 3.63) is 11.7 Å². The molecule has 1 aliphatic heterocycles. The summed E-state index contributed by atoms with van der Waals surface area (Å²) in [6, 6.07) is -0.176. The molecule has 1 aromatic heterocycles. The molecular formula is C9H15N3O2. The first-order valence-corrected chi connectivity index (χ1v) is 4.89. The van der Waals surface area contributed by atoms with Crippen LogP contribution in [0.25, 0.3) is 0 Å². The average Bonchev–Trinajstić information content (AvgIpc) is 2.71. The minimum Gasteiger partial charge on any atom is -0.378 e. The van der Waals surface area contributed by atoms with Gasteiger partial charge in [-0.3, -0.25) is 0 Å². The highest BCUT2D eigenvalue weighted by Gasteiger charge is 2.30. The Balaban J connectivity index is 2.16. The molecule has 78 valence electrons. The van der Waals surface area contributed by atoms with E-state index in [1.54, 1.807) is 0 Å². The standard InChI is InChI=1S/C9H15N3O2/c1-5(10)8-11-9(14-12-8)7-3-4-13-6(7)2/h5-7H,3-4,10H2,1-2H3. The van der Waals surface area contributed by atoms with Crippen molar-refractivity contribution in [3.63, 3.8) is 0 Å². The Morgan fingerprint density at radius 1 is 1.57 bits per heavy atom. The largest absolute Gasteiger partial charge is 0.378 e. The molecule has 5 heteroatoms. The molecule has 0 bridgehead atoms. The Hall–Kier alpha value is -0.940. The van der Waals surface area contributed by atoms with Gasteiger partial charge in [-0.25, -0.2) is 0 Å². The number of hydrogen-bond acceptors (Lipinski definition) is 5. The van der Waals surface area contributed by atoms with Crippen molar-refractivity contribution >= 4 is 0 Å². The molecule has 1 fully saturated rings. The molecule has 1 aromatic rings. The number of hydrogen-bond donors (Lipinski definition) is 1. The fourth-order valence-corrected chi connectivity index (χ4v) is 1.64. The van der Waals surface area contributed by atoms with Crippen molar-refractivity contribution in [2.75, 3.05) is 6.61 Å². The third-order valence-electron chi connectivity index (χ3n) is 2.56. The monoisotopic (exact) mass is 197 g/mol. The van der Waals surface area contributed by atoms with Gasteiger partial charge in [0.15, 0.2) is 5.82 Å². The Morgan fingerprint density at radius 2 is 2.36 bits per heavy atom. The number of nitrogens with zero attached hydrogens (tertiary/aromatic N) is 2. The van der Waals surface area contributed by atoms with Crippen molar-refractivity contribution in [1.82, 2.24) is 10.1 Å². The molecule has 2 N–H and O–H groups in total. The molecule has 0 radical (unpaired) electrons. The summed E-state index contributed by atoms with van der Waals surface area (Å²) >= 11 is 0. The number of ether oxygens (including phenoxy) is 1. The lowest BCUT2D eigenvalue weighted by Crippen LogP contribution is -2.11. The van der Waals surface area contributed by atoms with E-state index in [2.05, 4.69) is 10.1 Å². The lowest BCUT2D eigenvalue weighted by atomic mass is 10.0. The van der Waals surface area contributed by atoms with Crippen LogP contribution in [0.1, 0.15) is 43.9 Å². The van der Waals surface area contributed by atoms with E-state index in [1.165, 1.54) is 0 Å². The molecule has 0 spiro atoms. The first kappa shape index (κ1) is 9.61. The molecule has 0 amide bonds. The number of rotatable bonds is 2. The second-order valence-electron chi connectivity index (χ2n) is 3.75. The summed E-state index contributed by atoms with van der Waals surface area (Å²) in [5.41, 5.74) is 5.64. The smallest absolute Gasteiger partial charge is 0.232 e. The van der Waals surface area contributed by atoms with Gasteiger partial charge in [-0.1, -0.05) is 5.16 Å². The summed E-state index contributed by atoms with van der Waals surface area (Å²) in [5.74, 6) is 1.45. The third kappa shape index (κ3) is 1.65. The molecule has 5 nitrogen and oxygen atoms in total. The summed E-state index contributed by atoms with van der Waals surface area (Å²) in [6.45, 7) is 4.62. The van der Waals surface area contributed by atoms with Crippen molar-refractivity contribution in [1.29, 1.82) is 0 Å². The summed E-state index contributed by atoms with van der Waals surface area (Å²) in [6.07, 6.45) is 1.11. The second-order valence-corrected chi connectivity index (χ2v) is 3.75. The van der Waals surface area contributed by atoms with Crippen molar-refractivity contribution in [2.45, 2.75) is 38.3 Å². The predicted molar refractivity (Wildman–Crippen MR) is 49.7 cm³/mol. The Kier molecular flexibility index (Phi) is 2.52. The highest BCUT2D eigenvalue weighted by atomic mass is 16.5. The zero-order chi connectivity index (χ0) is 10.1. The van der Waals surface area contributed by atoms with Crippen LogP contribution in [0.15, 0.2) is 4.52 Å². The highest BCUT2D eigenvalue weighted by molar-refractivity contribution is 5.00. The van der Waals surface area contributed by atoms with E-state index in [-0.39, 0.29) is 18.1 Å². The van der Waals surface area contributed by atoms with Gasteiger partial charge in [0.2, 0.25) is 5.89 Å². The van der Waals surface area contributed by atoms with Crippen molar-refractivity contribution in [3.8, 4) is 0 Å². The molecule has 3 atom stereocenters. The van der Waals surface area contributed by atoms with Crippen LogP contribution in [0.5, 0.6) is 0 Å². The zero-order valence-electron chi connectivity index (χ0n) is 8.43. The molecule has 0 aromatic carbocycles. The van der Waals surface area contributed by atoms with Crippen LogP contribution in [0.3, 0.4) is 0 Å². The summed E-state index contributed by atoms with van der Waals surface area (Å²) in [5, 5.41) is 3.83. The van der Waals surface area contributed by atoms with E-state index in [0.717, 1.165) is 13.0 Å². The van der Waals surface area contributed by atoms with E-state index in [0.29, 0.717) is 11.7 Å². The summed E-state index contributed by atoms with van der Waals surface area (Å²) in [7, 11) is 0. The maximum atomic E-state index is 5.64. The van der Waals surface area contributed by atoms with E-state index in [9.17, 15) is 0 Å². The lowest BCUT2D eigenvalue weighted by Gasteiger charge is -2.07. The van der Waals surface area contributed by atoms with Crippen molar-refractivity contribution in [2.24, 2.45) is 5.73 Å². The van der Waals surface area contributed by atoms with Gasteiger partial charge in [-0.2, -0.15) is 4.98 Å². The minimum absolute atomic E-state index is 0.163. The van der Waals surface area contributed by atoms with Gasteiger partial charge in [0, 0.05) is 6.61 Å². The van der Waals surface area contributed by atoms with Gasteiger partial charge >= 0.3 is 0 Å². The molecule has 3 unspecified atom stereocenters. The first-order chi connectivity index (χ1) is 6.68. The minimum atomic E-state index is -0.176. The molecule has 0 aliphatic carbocycles. The van der Waals surface area contributed by atoms with Crippen LogP contribution in [0.4, 0.5) is 0 Å². The lowest BCUT2D eigenvalue weighted by molar-refractivity contribution is 0.113. The molecule has 2 rings (SSSR count). The fraction of sp³-hybridized carbons (Fsp3) is 0.778. The van der Waals surface area contributed by atoms with Gasteiger partial charge in [-0.05, 0) is 20.3 Å². The molecule has 1 saturated heterocycles. The van der Waals surface area contributed by atoms with E-state index >= 15 is 0 Å². The van der Waals surface area contributed by atoms with Crippen LogP contribution in [-0.4, -0.2) is 22.9 Å². The van der Waals surface area contributed by atoms with E-state index in [1.807, 2.05) is 13.8 Å². The second kappa shape index (κ2) is 3.67. The summed E-state index contributed by atoms with van der Waals surface area (Å²) in [4.78, 5) is 4.26. The van der Waals surface area contributed by atoms with Gasteiger partial charge < -0.3 is 15.0 Å². The normalized spacial score (nSPS) is 29.4. The van der Waals surface area contributed by atoms with Crippen LogP contribution < -0.4 is 5.73 Å². The highest BCUT2D eigenvalue weighted by Crippen LogP contribution is 2.29. The summed E-state index contributed by atoms with van der Waals surface area (Å²) < 4.78 is 10.6. The van der Waals surface area contributed by atoms with Gasteiger partial charge in [0.1, 0.15) is 0 Å². The Bertz CT molecular complexity index is 311. The number of nitrogens with two attached hydrogens (primary N) is 1. The maximum Gasteiger partial charge on any atom is 0.232 e. The van der Waals surface area contributed by atoms with Gasteiger partial charge in [-0.15, -0.1) is 0 Å². The average molecular weight is 197 g/mol. The molecule has 2 heterocycles. The first-order valence-electron chi connectivity index (χ1n) is 4.89. The molecular weight excluding hydrogens is 182 g/mol. The molecule has 1 aliphatic rings. The number of aromatic nitrogens is 2. The third-order valence-corrected chi connectivity index (χ3v) is 2.56. The fourth-order valence-electron chi connectivity index (χ4n) is 1.64. The maximum absolute atomic E-state index is 5.64. The molecule has 0 saturated carbocycles. The Morgan fingerprint density at radius 3 is 2.86 bits per heavy atom. The SMILES string of the molecule is CC(N)c1noc(C2CCOC2C)n1. The van der Waals surface area contributed by atoms with Gasteiger partial charge in [0.25, 0.3) is 0 Å². The quantitative estimate of drug-likeness (QED) is 0.765. The van der Waals surface area contributed by atoms with Crippen LogP contribution in [0.2, 0.25) is 0 Å². The Labute approximate surface area is 82.6 Å². The topological polar surface area (TPSA) is 74.2 Å². The molecule has 14 heavy (non-hydrogen) atoms. The van der Waals surface area contributed by atoms with Crippen LogP contribution in [-0.2, 0) is 4.74 Å². The zero-order valence-corrected chi connectivity index (χ0v) is 8.43.